The molecule has 0 fully saturated rings. The number of carbonyl (C=O) groups excluding carboxylic acids is 2. The third kappa shape index (κ3) is 4.55. The second-order valence-electron chi connectivity index (χ2n) is 4.65. The molecule has 2 heterocycles. The van der Waals surface area contributed by atoms with Crippen LogP contribution in [0.1, 0.15) is 29.6 Å². The molecule has 0 aliphatic heterocycles. The first-order valence-electron chi connectivity index (χ1n) is 6.65. The largest absolute Gasteiger partial charge is 0.459 e. The van der Waals surface area contributed by atoms with Crippen molar-refractivity contribution in [3.05, 3.63) is 48.0 Å². The Hall–Kier alpha value is -2.96. The molecule has 0 aromatic carbocycles. The number of anilines is 1. The van der Waals surface area contributed by atoms with Crippen LogP contribution in [-0.2, 0) is 4.79 Å². The van der Waals surface area contributed by atoms with Crippen molar-refractivity contribution < 1.29 is 14.0 Å². The highest BCUT2D eigenvalue weighted by atomic mass is 16.3. The van der Waals surface area contributed by atoms with Crippen molar-refractivity contribution in [1.29, 1.82) is 0 Å². The molecule has 22 heavy (non-hydrogen) atoms. The first kappa shape index (κ1) is 15.4. The van der Waals surface area contributed by atoms with E-state index in [9.17, 15) is 9.59 Å². The molecule has 0 bridgehead atoms. The Labute approximate surface area is 127 Å². The summed E-state index contributed by atoms with van der Waals surface area (Å²) in [6.07, 6.45) is 1.45. The van der Waals surface area contributed by atoms with E-state index in [1.165, 1.54) is 12.3 Å². The summed E-state index contributed by atoms with van der Waals surface area (Å²) >= 11 is 0. The van der Waals surface area contributed by atoms with Crippen LogP contribution in [0.2, 0.25) is 0 Å². The average molecular weight is 300 g/mol. The second kappa shape index (κ2) is 7.16. The number of aryl methyl sites for hydroxylation is 1. The van der Waals surface area contributed by atoms with E-state index < -0.39 is 5.91 Å². The van der Waals surface area contributed by atoms with Gasteiger partial charge in [-0.05, 0) is 38.1 Å². The van der Waals surface area contributed by atoms with E-state index in [0.29, 0.717) is 11.5 Å². The third-order valence-corrected chi connectivity index (χ3v) is 2.67. The number of hydrogen-bond donors (Lipinski definition) is 2. The van der Waals surface area contributed by atoms with Crippen molar-refractivity contribution in [2.45, 2.75) is 20.3 Å². The Morgan fingerprint density at radius 1 is 1.27 bits per heavy atom. The molecule has 0 saturated carbocycles. The molecule has 114 valence electrons. The third-order valence-electron chi connectivity index (χ3n) is 2.67. The second-order valence-corrected chi connectivity index (χ2v) is 4.65. The minimum atomic E-state index is -0.467. The highest BCUT2D eigenvalue weighted by Gasteiger charge is 2.09. The number of aromatic nitrogens is 1. The number of furan rings is 1. The van der Waals surface area contributed by atoms with Crippen molar-refractivity contribution in [1.82, 2.24) is 10.4 Å². The molecule has 0 unspecified atom stereocenters. The quantitative estimate of drug-likeness (QED) is 0.653. The van der Waals surface area contributed by atoms with Crippen molar-refractivity contribution in [3.8, 4) is 0 Å². The normalized spacial score (nSPS) is 11.1. The number of hydrogen-bond acceptors (Lipinski definition) is 5. The maximum absolute atomic E-state index is 11.8. The lowest BCUT2D eigenvalue weighted by Crippen LogP contribution is -2.21. The predicted molar refractivity (Wildman–Crippen MR) is 81.5 cm³/mol. The Morgan fingerprint density at radius 3 is 2.77 bits per heavy atom. The molecule has 2 aromatic rings. The lowest BCUT2D eigenvalue weighted by Gasteiger charge is -2.05. The Morgan fingerprint density at radius 2 is 2.09 bits per heavy atom. The topological polar surface area (TPSA) is 96.6 Å². The zero-order chi connectivity index (χ0) is 15.9. The Kier molecular flexibility index (Phi) is 5.02. The zero-order valence-corrected chi connectivity index (χ0v) is 12.3. The number of carbonyl (C=O) groups is 2. The van der Waals surface area contributed by atoms with Gasteiger partial charge >= 0.3 is 5.91 Å². The van der Waals surface area contributed by atoms with Crippen LogP contribution in [0.15, 0.2) is 46.1 Å². The number of hydrazone groups is 1. The van der Waals surface area contributed by atoms with Gasteiger partial charge in [-0.1, -0.05) is 6.07 Å². The van der Waals surface area contributed by atoms with Crippen LogP contribution in [0, 0.1) is 6.92 Å². The van der Waals surface area contributed by atoms with Crippen LogP contribution in [0.4, 0.5) is 5.82 Å². The van der Waals surface area contributed by atoms with Crippen molar-refractivity contribution in [2.24, 2.45) is 5.10 Å². The lowest BCUT2D eigenvalue weighted by molar-refractivity contribution is -0.115. The zero-order valence-electron chi connectivity index (χ0n) is 12.3. The molecule has 0 saturated heterocycles. The standard InChI is InChI=1S/C15H16N4O3/c1-10-5-3-7-13(16-10)17-14(20)9-11(2)18-19-15(21)12-6-4-8-22-12/h3-8H,9H2,1-2H3,(H,19,21)(H,16,17,20)/b18-11+. The molecule has 2 aromatic heterocycles. The van der Waals surface area contributed by atoms with Crippen LogP contribution < -0.4 is 10.7 Å². The molecule has 7 nitrogen and oxygen atoms in total. The number of nitrogens with zero attached hydrogens (tertiary/aromatic N) is 2. The molecule has 7 heteroatoms. The maximum Gasteiger partial charge on any atom is 0.307 e. The van der Waals surface area contributed by atoms with E-state index in [4.69, 9.17) is 4.42 Å². The summed E-state index contributed by atoms with van der Waals surface area (Å²) < 4.78 is 4.93. The number of pyridine rings is 1. The van der Waals surface area contributed by atoms with Gasteiger partial charge in [0.2, 0.25) is 5.91 Å². The van der Waals surface area contributed by atoms with Gasteiger partial charge in [-0.2, -0.15) is 5.10 Å². The maximum atomic E-state index is 11.8. The van der Waals surface area contributed by atoms with Gasteiger partial charge in [0.05, 0.1) is 12.7 Å². The van der Waals surface area contributed by atoms with Crippen LogP contribution in [0.5, 0.6) is 0 Å². The van der Waals surface area contributed by atoms with Crippen LogP contribution in [-0.4, -0.2) is 22.5 Å². The van der Waals surface area contributed by atoms with Crippen LogP contribution >= 0.6 is 0 Å². The smallest absolute Gasteiger partial charge is 0.307 e. The number of rotatable bonds is 5. The van der Waals surface area contributed by atoms with E-state index in [0.717, 1.165) is 5.69 Å². The van der Waals surface area contributed by atoms with Crippen molar-refractivity contribution in [3.63, 3.8) is 0 Å². The van der Waals surface area contributed by atoms with Crippen molar-refractivity contribution in [2.75, 3.05) is 5.32 Å². The van der Waals surface area contributed by atoms with E-state index in [2.05, 4.69) is 20.8 Å². The summed E-state index contributed by atoms with van der Waals surface area (Å²) in [6, 6.07) is 8.48. The van der Waals surface area contributed by atoms with E-state index in [-0.39, 0.29) is 18.1 Å². The molecule has 2 rings (SSSR count). The molecule has 0 atom stereocenters. The molecule has 0 spiro atoms. The van der Waals surface area contributed by atoms with Crippen LogP contribution in [0.3, 0.4) is 0 Å². The molecule has 0 aliphatic rings. The van der Waals surface area contributed by atoms with Gasteiger partial charge in [0, 0.05) is 11.4 Å². The van der Waals surface area contributed by atoms with E-state index in [1.807, 2.05) is 19.1 Å². The molecular formula is C15H16N4O3. The van der Waals surface area contributed by atoms with Gasteiger partial charge in [-0.3, -0.25) is 9.59 Å². The molecular weight excluding hydrogens is 284 g/mol. The molecule has 0 radical (unpaired) electrons. The average Bonchev–Trinajstić information content (AvgIpc) is 2.98. The van der Waals surface area contributed by atoms with E-state index >= 15 is 0 Å². The SMILES string of the molecule is C/C(CC(=O)Nc1cccc(C)n1)=N\NC(=O)c1ccco1. The first-order chi connectivity index (χ1) is 10.5. The summed E-state index contributed by atoms with van der Waals surface area (Å²) in [4.78, 5) is 27.6. The fourth-order valence-corrected chi connectivity index (χ4v) is 1.68. The van der Waals surface area contributed by atoms with Gasteiger partial charge in [-0.25, -0.2) is 10.4 Å². The van der Waals surface area contributed by atoms with Crippen molar-refractivity contribution >= 4 is 23.3 Å². The Bertz CT molecular complexity index is 693. The monoisotopic (exact) mass is 300 g/mol. The van der Waals surface area contributed by atoms with Gasteiger partial charge in [-0.15, -0.1) is 0 Å². The fourth-order valence-electron chi connectivity index (χ4n) is 1.68. The first-order valence-corrected chi connectivity index (χ1v) is 6.65. The summed E-state index contributed by atoms with van der Waals surface area (Å²) in [5, 5.41) is 6.52. The minimum absolute atomic E-state index is 0.0497. The number of amides is 2. The molecule has 2 amide bonds. The number of nitrogens with one attached hydrogen (secondary N) is 2. The highest BCUT2D eigenvalue weighted by Crippen LogP contribution is 2.04. The summed E-state index contributed by atoms with van der Waals surface area (Å²) in [6.45, 7) is 3.48. The molecule has 2 N–H and O–H groups in total. The fraction of sp³-hybridized carbons (Fsp3) is 0.200. The van der Waals surface area contributed by atoms with Gasteiger partial charge in [0.25, 0.3) is 0 Å². The van der Waals surface area contributed by atoms with Gasteiger partial charge in [0.1, 0.15) is 5.82 Å². The lowest BCUT2D eigenvalue weighted by atomic mass is 10.3. The van der Waals surface area contributed by atoms with Gasteiger partial charge in [0.15, 0.2) is 5.76 Å². The predicted octanol–water partition coefficient (Wildman–Crippen LogP) is 2.12. The summed E-state index contributed by atoms with van der Waals surface area (Å²) in [5.41, 5.74) is 3.60. The summed E-state index contributed by atoms with van der Waals surface area (Å²) in [5.74, 6) is -0.0842. The molecule has 0 aliphatic carbocycles. The highest BCUT2D eigenvalue weighted by molar-refractivity contribution is 6.05. The van der Waals surface area contributed by atoms with Crippen LogP contribution in [0.25, 0.3) is 0 Å². The Balaban J connectivity index is 1.85. The van der Waals surface area contributed by atoms with E-state index in [1.54, 1.807) is 19.1 Å². The minimum Gasteiger partial charge on any atom is -0.459 e. The van der Waals surface area contributed by atoms with Gasteiger partial charge < -0.3 is 9.73 Å². The summed E-state index contributed by atoms with van der Waals surface area (Å²) in [7, 11) is 0.